The molecule has 17 heavy (non-hydrogen) atoms. The SMILES string of the molecule is CC(O)C(C)Sc1sc([C@H](C)O)cc1[N+](=O)[O-]. The molecule has 1 heterocycles. The van der Waals surface area contributed by atoms with Crippen molar-refractivity contribution in [2.45, 2.75) is 42.4 Å². The fourth-order valence-corrected chi connectivity index (χ4v) is 3.59. The molecule has 0 aromatic carbocycles. The van der Waals surface area contributed by atoms with Crippen molar-refractivity contribution in [1.82, 2.24) is 0 Å². The van der Waals surface area contributed by atoms with Crippen LogP contribution in [0.4, 0.5) is 5.69 Å². The maximum atomic E-state index is 10.9. The van der Waals surface area contributed by atoms with E-state index in [0.717, 1.165) is 0 Å². The number of nitro groups is 1. The molecule has 1 aromatic rings. The number of rotatable bonds is 5. The van der Waals surface area contributed by atoms with Crippen LogP contribution in [0.2, 0.25) is 0 Å². The van der Waals surface area contributed by atoms with Crippen molar-refractivity contribution in [1.29, 1.82) is 0 Å². The number of hydrogen-bond donors (Lipinski definition) is 2. The Hall–Kier alpha value is -0.630. The second-order valence-electron chi connectivity index (χ2n) is 3.82. The molecule has 1 rings (SSSR count). The lowest BCUT2D eigenvalue weighted by atomic mass is 10.3. The quantitative estimate of drug-likeness (QED) is 0.491. The van der Waals surface area contributed by atoms with Crippen molar-refractivity contribution in [3.63, 3.8) is 0 Å². The van der Waals surface area contributed by atoms with Gasteiger partial charge < -0.3 is 10.2 Å². The van der Waals surface area contributed by atoms with E-state index < -0.39 is 17.1 Å². The minimum Gasteiger partial charge on any atom is -0.392 e. The first kappa shape index (κ1) is 14.4. The van der Waals surface area contributed by atoms with Crippen molar-refractivity contribution in [3.05, 3.63) is 21.1 Å². The summed E-state index contributed by atoms with van der Waals surface area (Å²) in [7, 11) is 0. The van der Waals surface area contributed by atoms with Crippen molar-refractivity contribution in [2.24, 2.45) is 0 Å². The summed E-state index contributed by atoms with van der Waals surface area (Å²) in [5.74, 6) is 0. The van der Waals surface area contributed by atoms with E-state index in [9.17, 15) is 20.3 Å². The van der Waals surface area contributed by atoms with E-state index in [1.807, 2.05) is 0 Å². The highest BCUT2D eigenvalue weighted by atomic mass is 32.2. The third-order valence-corrected chi connectivity index (χ3v) is 5.10. The molecule has 1 aromatic heterocycles. The van der Waals surface area contributed by atoms with Crippen LogP contribution in [0.1, 0.15) is 31.8 Å². The molecule has 0 saturated heterocycles. The van der Waals surface area contributed by atoms with E-state index in [0.29, 0.717) is 9.09 Å². The van der Waals surface area contributed by atoms with Gasteiger partial charge in [0, 0.05) is 16.2 Å². The van der Waals surface area contributed by atoms with Crippen LogP contribution in [0, 0.1) is 10.1 Å². The predicted octanol–water partition coefficient (Wildman–Crippen LogP) is 2.57. The van der Waals surface area contributed by atoms with Crippen LogP contribution in [0.15, 0.2) is 10.3 Å². The minimum atomic E-state index is -0.713. The molecular weight excluding hydrogens is 262 g/mol. The van der Waals surface area contributed by atoms with Gasteiger partial charge in [0.1, 0.15) is 4.21 Å². The summed E-state index contributed by atoms with van der Waals surface area (Å²) in [4.78, 5) is 11.0. The standard InChI is InChI=1S/C10H15NO4S2/c1-5(12)7(3)16-10-8(11(14)15)4-9(17-10)6(2)13/h4-7,12-13H,1-3H3/t5?,6-,7?/m0/s1. The Bertz CT molecular complexity index is 403. The Morgan fingerprint density at radius 3 is 2.41 bits per heavy atom. The molecule has 0 aliphatic rings. The lowest BCUT2D eigenvalue weighted by Crippen LogP contribution is -2.14. The molecule has 0 aliphatic heterocycles. The van der Waals surface area contributed by atoms with Gasteiger partial charge in [0.15, 0.2) is 0 Å². The molecule has 7 heteroatoms. The van der Waals surface area contributed by atoms with Gasteiger partial charge in [0.25, 0.3) is 5.69 Å². The second-order valence-corrected chi connectivity index (χ2v) is 6.55. The fourth-order valence-electron chi connectivity index (χ4n) is 1.07. The van der Waals surface area contributed by atoms with Crippen LogP contribution in [0.3, 0.4) is 0 Å². The van der Waals surface area contributed by atoms with Gasteiger partial charge in [-0.15, -0.1) is 23.1 Å². The zero-order chi connectivity index (χ0) is 13.2. The summed E-state index contributed by atoms with van der Waals surface area (Å²) in [5, 5.41) is 29.5. The second kappa shape index (κ2) is 5.81. The molecule has 2 N–H and O–H groups in total. The van der Waals surface area contributed by atoms with Gasteiger partial charge in [-0.3, -0.25) is 10.1 Å². The average Bonchev–Trinajstić information content (AvgIpc) is 2.61. The number of aliphatic hydroxyl groups is 2. The molecule has 0 saturated carbocycles. The molecule has 3 atom stereocenters. The Morgan fingerprint density at radius 1 is 1.41 bits per heavy atom. The summed E-state index contributed by atoms with van der Waals surface area (Å²) in [5.41, 5.74) is 0.00315. The number of thiophene rings is 1. The monoisotopic (exact) mass is 277 g/mol. The maximum Gasteiger partial charge on any atom is 0.294 e. The van der Waals surface area contributed by atoms with E-state index in [1.54, 1.807) is 20.8 Å². The molecule has 0 radical (unpaired) electrons. The van der Waals surface area contributed by atoms with Crippen LogP contribution < -0.4 is 0 Å². The number of hydrogen-bond acceptors (Lipinski definition) is 6. The topological polar surface area (TPSA) is 83.6 Å². The lowest BCUT2D eigenvalue weighted by Gasteiger charge is -2.12. The number of nitrogens with zero attached hydrogens (tertiary/aromatic N) is 1. The Labute approximate surface area is 108 Å². The van der Waals surface area contributed by atoms with Crippen LogP contribution in [-0.4, -0.2) is 26.5 Å². The maximum absolute atomic E-state index is 10.9. The minimum absolute atomic E-state index is 0.00315. The third-order valence-electron chi connectivity index (χ3n) is 2.28. The summed E-state index contributed by atoms with van der Waals surface area (Å²) in [6, 6.07) is 1.40. The van der Waals surface area contributed by atoms with E-state index in [2.05, 4.69) is 0 Å². The van der Waals surface area contributed by atoms with Crippen molar-refractivity contribution >= 4 is 28.8 Å². The summed E-state index contributed by atoms with van der Waals surface area (Å²) in [6.45, 7) is 5.02. The molecule has 0 aliphatic carbocycles. The van der Waals surface area contributed by atoms with Gasteiger partial charge in [-0.2, -0.15) is 0 Å². The van der Waals surface area contributed by atoms with Gasteiger partial charge in [-0.05, 0) is 13.8 Å². The molecule has 96 valence electrons. The van der Waals surface area contributed by atoms with Gasteiger partial charge in [-0.25, -0.2) is 0 Å². The van der Waals surface area contributed by atoms with Crippen LogP contribution in [0.5, 0.6) is 0 Å². The van der Waals surface area contributed by atoms with E-state index in [1.165, 1.54) is 29.2 Å². The fraction of sp³-hybridized carbons (Fsp3) is 0.600. The van der Waals surface area contributed by atoms with Crippen molar-refractivity contribution in [3.8, 4) is 0 Å². The highest BCUT2D eigenvalue weighted by molar-refractivity contribution is 8.01. The Morgan fingerprint density at radius 2 is 2.00 bits per heavy atom. The van der Waals surface area contributed by atoms with Gasteiger partial charge in [0.05, 0.1) is 17.1 Å². The molecule has 0 amide bonds. The van der Waals surface area contributed by atoms with Crippen molar-refractivity contribution < 1.29 is 15.1 Å². The van der Waals surface area contributed by atoms with Gasteiger partial charge >= 0.3 is 0 Å². The van der Waals surface area contributed by atoms with Gasteiger partial charge in [-0.1, -0.05) is 6.92 Å². The largest absolute Gasteiger partial charge is 0.392 e. The normalized spacial score (nSPS) is 16.5. The number of aliphatic hydroxyl groups excluding tert-OH is 2. The highest BCUT2D eigenvalue weighted by Crippen LogP contribution is 2.42. The Kier molecular flexibility index (Phi) is 4.93. The van der Waals surface area contributed by atoms with Gasteiger partial charge in [0.2, 0.25) is 0 Å². The van der Waals surface area contributed by atoms with Crippen LogP contribution in [-0.2, 0) is 0 Å². The summed E-state index contributed by atoms with van der Waals surface area (Å²) in [6.07, 6.45) is -1.26. The summed E-state index contributed by atoms with van der Waals surface area (Å²) < 4.78 is 0.527. The van der Waals surface area contributed by atoms with E-state index >= 15 is 0 Å². The zero-order valence-electron chi connectivity index (χ0n) is 9.78. The molecule has 0 spiro atoms. The first-order valence-corrected chi connectivity index (χ1v) is 6.83. The first-order valence-electron chi connectivity index (χ1n) is 5.13. The van der Waals surface area contributed by atoms with Crippen molar-refractivity contribution in [2.75, 3.05) is 0 Å². The molecule has 0 bridgehead atoms. The summed E-state index contributed by atoms with van der Waals surface area (Å²) >= 11 is 2.46. The predicted molar refractivity (Wildman–Crippen MR) is 68.6 cm³/mol. The smallest absolute Gasteiger partial charge is 0.294 e. The van der Waals surface area contributed by atoms with Crippen LogP contribution in [0.25, 0.3) is 0 Å². The Balaban J connectivity index is 3.00. The average molecular weight is 277 g/mol. The molecular formula is C10H15NO4S2. The van der Waals surface area contributed by atoms with Crippen LogP contribution >= 0.6 is 23.1 Å². The molecule has 5 nitrogen and oxygen atoms in total. The molecule has 2 unspecified atom stereocenters. The number of thioether (sulfide) groups is 1. The third kappa shape index (κ3) is 3.67. The highest BCUT2D eigenvalue weighted by Gasteiger charge is 2.24. The molecule has 0 fully saturated rings. The lowest BCUT2D eigenvalue weighted by molar-refractivity contribution is -0.387. The zero-order valence-corrected chi connectivity index (χ0v) is 11.4. The van der Waals surface area contributed by atoms with E-state index in [-0.39, 0.29) is 10.9 Å². The van der Waals surface area contributed by atoms with E-state index in [4.69, 9.17) is 0 Å². The first-order chi connectivity index (χ1) is 7.82.